The van der Waals surface area contributed by atoms with Gasteiger partial charge >= 0.3 is 0 Å². The van der Waals surface area contributed by atoms with Crippen LogP contribution in [-0.2, 0) is 11.3 Å². The zero-order valence-corrected chi connectivity index (χ0v) is 13.5. The highest BCUT2D eigenvalue weighted by molar-refractivity contribution is 7.09. The van der Waals surface area contributed by atoms with Gasteiger partial charge in [0, 0.05) is 11.4 Å². The van der Waals surface area contributed by atoms with E-state index in [0.717, 1.165) is 29.3 Å². The summed E-state index contributed by atoms with van der Waals surface area (Å²) in [4.78, 5) is 18.9. The highest BCUT2D eigenvalue weighted by Gasteiger charge is 2.32. The van der Waals surface area contributed by atoms with Crippen molar-refractivity contribution in [2.75, 3.05) is 6.61 Å². The number of carbonyl (C=O) groups excluding carboxylic acids is 1. The van der Waals surface area contributed by atoms with Gasteiger partial charge in [-0.25, -0.2) is 4.98 Å². The molecule has 5 heteroatoms. The lowest BCUT2D eigenvalue weighted by Gasteiger charge is -2.21. The van der Waals surface area contributed by atoms with Gasteiger partial charge in [0.1, 0.15) is 5.75 Å². The fourth-order valence-electron chi connectivity index (χ4n) is 2.38. The van der Waals surface area contributed by atoms with E-state index in [-0.39, 0.29) is 5.91 Å². The first-order chi connectivity index (χ1) is 10.7. The molecule has 1 saturated carbocycles. The summed E-state index contributed by atoms with van der Waals surface area (Å²) >= 11 is 1.63. The fourth-order valence-corrected chi connectivity index (χ4v) is 2.98. The van der Waals surface area contributed by atoms with E-state index in [1.54, 1.807) is 11.3 Å². The number of ether oxygens (including phenoxy) is 1. The van der Waals surface area contributed by atoms with Gasteiger partial charge in [0.25, 0.3) is 0 Å². The van der Waals surface area contributed by atoms with E-state index < -0.39 is 0 Å². The molecule has 1 aliphatic carbocycles. The van der Waals surface area contributed by atoms with Crippen LogP contribution in [-0.4, -0.2) is 28.4 Å². The van der Waals surface area contributed by atoms with Crippen molar-refractivity contribution >= 4 is 17.2 Å². The molecule has 116 valence electrons. The number of hydrogen-bond donors (Lipinski definition) is 0. The summed E-state index contributed by atoms with van der Waals surface area (Å²) in [5.41, 5.74) is 0.992. The van der Waals surface area contributed by atoms with Crippen LogP contribution >= 0.6 is 11.3 Å². The maximum atomic E-state index is 12.4. The van der Waals surface area contributed by atoms with E-state index in [1.807, 2.05) is 47.5 Å². The second-order valence-corrected chi connectivity index (χ2v) is 6.58. The predicted molar refractivity (Wildman–Crippen MR) is 87.0 cm³/mol. The van der Waals surface area contributed by atoms with E-state index >= 15 is 0 Å². The molecule has 3 rings (SSSR count). The van der Waals surface area contributed by atoms with E-state index in [4.69, 9.17) is 4.74 Å². The second kappa shape index (κ2) is 6.92. The van der Waals surface area contributed by atoms with Gasteiger partial charge < -0.3 is 9.64 Å². The molecule has 0 bridgehead atoms. The summed E-state index contributed by atoms with van der Waals surface area (Å²) in [6.07, 6.45) is 2.62. The number of hydrogen-bond acceptors (Lipinski definition) is 4. The first-order valence-electron chi connectivity index (χ1n) is 7.60. The van der Waals surface area contributed by atoms with E-state index in [2.05, 4.69) is 4.98 Å². The molecule has 1 aromatic carbocycles. The Bertz CT molecular complexity index is 623. The molecular formula is C17H20N2O2S. The van der Waals surface area contributed by atoms with E-state index in [9.17, 15) is 4.79 Å². The van der Waals surface area contributed by atoms with Crippen LogP contribution < -0.4 is 4.74 Å². The van der Waals surface area contributed by atoms with Gasteiger partial charge in [0.2, 0.25) is 5.91 Å². The number of rotatable bonds is 7. The molecule has 0 atom stereocenters. The van der Waals surface area contributed by atoms with Gasteiger partial charge in [0.15, 0.2) is 0 Å². The Hall–Kier alpha value is -1.88. The lowest BCUT2D eigenvalue weighted by atomic mass is 10.3. The minimum Gasteiger partial charge on any atom is -0.493 e. The number of benzene rings is 1. The number of amides is 1. The third-order valence-corrected chi connectivity index (χ3v) is 4.46. The Morgan fingerprint density at radius 3 is 2.77 bits per heavy atom. The molecule has 1 heterocycles. The molecule has 1 fully saturated rings. The fraction of sp³-hybridized carbons (Fsp3) is 0.412. The van der Waals surface area contributed by atoms with Crippen LogP contribution in [0.25, 0.3) is 0 Å². The Morgan fingerprint density at radius 2 is 2.14 bits per heavy atom. The number of aryl methyl sites for hydroxylation is 1. The summed E-state index contributed by atoms with van der Waals surface area (Å²) in [5, 5.41) is 3.09. The van der Waals surface area contributed by atoms with Crippen molar-refractivity contribution in [2.45, 2.75) is 38.8 Å². The first kappa shape index (κ1) is 15.0. The van der Waals surface area contributed by atoms with Crippen molar-refractivity contribution in [1.82, 2.24) is 9.88 Å². The normalized spacial score (nSPS) is 13.9. The van der Waals surface area contributed by atoms with Crippen molar-refractivity contribution < 1.29 is 9.53 Å². The van der Waals surface area contributed by atoms with Crippen LogP contribution in [0.4, 0.5) is 0 Å². The van der Waals surface area contributed by atoms with Gasteiger partial charge in [0.05, 0.1) is 30.3 Å². The molecular weight excluding hydrogens is 296 g/mol. The molecule has 1 aliphatic rings. The quantitative estimate of drug-likeness (QED) is 0.786. The van der Waals surface area contributed by atoms with Gasteiger partial charge in [-0.05, 0) is 31.9 Å². The zero-order valence-electron chi connectivity index (χ0n) is 12.7. The standard InChI is InChI=1S/C17H20N2O2S/c1-13-18-14(12-22-13)11-19(15-7-8-15)17(20)9-10-21-16-5-3-2-4-6-16/h2-6,12,15H,7-11H2,1H3. The third kappa shape index (κ3) is 4.07. The van der Waals surface area contributed by atoms with Gasteiger partial charge in [-0.15, -0.1) is 11.3 Å². The molecule has 0 unspecified atom stereocenters. The maximum absolute atomic E-state index is 12.4. The average Bonchev–Trinajstić information content (AvgIpc) is 3.28. The van der Waals surface area contributed by atoms with Crippen molar-refractivity contribution in [3.05, 3.63) is 46.4 Å². The van der Waals surface area contributed by atoms with Gasteiger partial charge in [-0.1, -0.05) is 18.2 Å². The summed E-state index contributed by atoms with van der Waals surface area (Å²) in [7, 11) is 0. The molecule has 4 nitrogen and oxygen atoms in total. The van der Waals surface area contributed by atoms with E-state index in [0.29, 0.717) is 25.6 Å². The summed E-state index contributed by atoms with van der Waals surface area (Å²) in [6, 6.07) is 10.0. The zero-order chi connectivity index (χ0) is 15.4. The molecule has 1 amide bonds. The molecule has 0 aliphatic heterocycles. The van der Waals surface area contributed by atoms with E-state index in [1.165, 1.54) is 0 Å². The molecule has 0 spiro atoms. The SMILES string of the molecule is Cc1nc(CN(C(=O)CCOc2ccccc2)C2CC2)cs1. The van der Waals surface area contributed by atoms with Crippen molar-refractivity contribution in [3.63, 3.8) is 0 Å². The Balaban J connectivity index is 1.52. The lowest BCUT2D eigenvalue weighted by Crippen LogP contribution is -2.33. The maximum Gasteiger partial charge on any atom is 0.226 e. The van der Waals surface area contributed by atoms with Crippen molar-refractivity contribution in [2.24, 2.45) is 0 Å². The van der Waals surface area contributed by atoms with Crippen LogP contribution in [0.2, 0.25) is 0 Å². The Kier molecular flexibility index (Phi) is 4.73. The molecule has 1 aromatic heterocycles. The number of aromatic nitrogens is 1. The van der Waals surface area contributed by atoms with Gasteiger partial charge in [-0.3, -0.25) is 4.79 Å². The van der Waals surface area contributed by atoms with Crippen LogP contribution in [0.3, 0.4) is 0 Å². The monoisotopic (exact) mass is 316 g/mol. The summed E-state index contributed by atoms with van der Waals surface area (Å²) in [5.74, 6) is 0.965. The predicted octanol–water partition coefficient (Wildman–Crippen LogP) is 3.41. The molecule has 0 radical (unpaired) electrons. The third-order valence-electron chi connectivity index (χ3n) is 3.63. The van der Waals surface area contributed by atoms with Crippen LogP contribution in [0.15, 0.2) is 35.7 Å². The highest BCUT2D eigenvalue weighted by Crippen LogP contribution is 2.29. The van der Waals surface area contributed by atoms with Crippen molar-refractivity contribution in [3.8, 4) is 5.75 Å². The lowest BCUT2D eigenvalue weighted by molar-refractivity contribution is -0.133. The smallest absolute Gasteiger partial charge is 0.226 e. The number of para-hydroxylation sites is 1. The molecule has 2 aromatic rings. The topological polar surface area (TPSA) is 42.4 Å². The van der Waals surface area contributed by atoms with Gasteiger partial charge in [-0.2, -0.15) is 0 Å². The van der Waals surface area contributed by atoms with Crippen LogP contribution in [0.5, 0.6) is 5.75 Å². The summed E-state index contributed by atoms with van der Waals surface area (Å²) < 4.78 is 5.62. The molecule has 0 N–H and O–H groups in total. The first-order valence-corrected chi connectivity index (χ1v) is 8.48. The molecule has 22 heavy (non-hydrogen) atoms. The Morgan fingerprint density at radius 1 is 1.36 bits per heavy atom. The second-order valence-electron chi connectivity index (χ2n) is 5.52. The average molecular weight is 316 g/mol. The minimum atomic E-state index is 0.157. The minimum absolute atomic E-state index is 0.157. The Labute approximate surface area is 134 Å². The number of thiazole rings is 1. The highest BCUT2D eigenvalue weighted by atomic mass is 32.1. The van der Waals surface area contributed by atoms with Crippen molar-refractivity contribution in [1.29, 1.82) is 0 Å². The summed E-state index contributed by atoms with van der Waals surface area (Å²) in [6.45, 7) is 3.03. The largest absolute Gasteiger partial charge is 0.493 e. The number of nitrogens with zero attached hydrogens (tertiary/aromatic N) is 2. The van der Waals surface area contributed by atoms with Crippen LogP contribution in [0, 0.1) is 6.92 Å². The molecule has 0 saturated heterocycles. The van der Waals surface area contributed by atoms with Crippen LogP contribution in [0.1, 0.15) is 30.0 Å². The number of carbonyl (C=O) groups is 1.